The summed E-state index contributed by atoms with van der Waals surface area (Å²) >= 11 is 0. The number of alkyl halides is 3. The fourth-order valence-corrected chi connectivity index (χ4v) is 5.57. The van der Waals surface area contributed by atoms with Gasteiger partial charge in [-0.05, 0) is 44.2 Å². The molecule has 0 radical (unpaired) electrons. The van der Waals surface area contributed by atoms with Gasteiger partial charge in [-0.2, -0.15) is 13.2 Å². The Kier molecular flexibility index (Phi) is 5.98. The van der Waals surface area contributed by atoms with Gasteiger partial charge < -0.3 is 11.1 Å². The number of nitrogens with two attached hydrogens (primary N) is 1. The highest BCUT2D eigenvalue weighted by atomic mass is 32.2. The molecule has 3 rings (SSSR count). The topological polar surface area (TPSA) is 115 Å². The van der Waals surface area contributed by atoms with E-state index in [1.807, 2.05) is 0 Å². The van der Waals surface area contributed by atoms with Gasteiger partial charge in [-0.3, -0.25) is 9.79 Å². The second-order valence-electron chi connectivity index (χ2n) is 8.06. The van der Waals surface area contributed by atoms with E-state index in [4.69, 9.17) is 5.73 Å². The lowest BCUT2D eigenvalue weighted by atomic mass is 9.92. The van der Waals surface area contributed by atoms with Gasteiger partial charge in [0, 0.05) is 11.3 Å². The molecule has 1 aromatic carbocycles. The predicted molar refractivity (Wildman–Crippen MR) is 110 cm³/mol. The molecule has 2 heterocycles. The maximum absolute atomic E-state index is 14.7. The number of carbonyl (C=O) groups excluding carboxylic acids is 1. The molecule has 33 heavy (non-hydrogen) atoms. The number of anilines is 1. The normalized spacial score (nSPS) is 24.8. The van der Waals surface area contributed by atoms with Crippen LogP contribution in [0, 0.1) is 11.6 Å². The molecule has 0 aliphatic carbocycles. The summed E-state index contributed by atoms with van der Waals surface area (Å²) in [4.78, 5) is 19.9. The van der Waals surface area contributed by atoms with Crippen molar-refractivity contribution < 1.29 is 35.2 Å². The van der Waals surface area contributed by atoms with Crippen LogP contribution in [0.2, 0.25) is 0 Å². The lowest BCUT2D eigenvalue weighted by Gasteiger charge is -2.40. The summed E-state index contributed by atoms with van der Waals surface area (Å²) in [5.41, 5.74) is 3.44. The van der Waals surface area contributed by atoms with Crippen LogP contribution in [0.5, 0.6) is 0 Å². The molecule has 0 saturated carbocycles. The number of halogens is 5. The molecule has 0 spiro atoms. The first-order valence-electron chi connectivity index (χ1n) is 9.44. The molecule has 3 N–H and O–H groups in total. The van der Waals surface area contributed by atoms with E-state index in [2.05, 4.69) is 15.3 Å². The van der Waals surface area contributed by atoms with Crippen molar-refractivity contribution in [1.82, 2.24) is 4.98 Å². The monoisotopic (exact) mass is 490 g/mol. The first kappa shape index (κ1) is 24.6. The van der Waals surface area contributed by atoms with Crippen molar-refractivity contribution >= 4 is 27.3 Å². The van der Waals surface area contributed by atoms with Gasteiger partial charge in [-0.15, -0.1) is 0 Å². The number of sulfone groups is 1. The summed E-state index contributed by atoms with van der Waals surface area (Å²) in [5, 5.41) is 2.41. The van der Waals surface area contributed by atoms with E-state index >= 15 is 0 Å². The summed E-state index contributed by atoms with van der Waals surface area (Å²) in [6.07, 6.45) is -5.75. The van der Waals surface area contributed by atoms with Gasteiger partial charge in [0.15, 0.2) is 9.84 Å². The lowest BCUT2D eigenvalue weighted by Crippen LogP contribution is -2.58. The van der Waals surface area contributed by atoms with Crippen LogP contribution in [-0.2, 0) is 15.4 Å². The maximum Gasteiger partial charge on any atom is 0.391 e. The Morgan fingerprint density at radius 3 is 2.39 bits per heavy atom. The highest BCUT2D eigenvalue weighted by Crippen LogP contribution is 2.42. The van der Waals surface area contributed by atoms with Gasteiger partial charge in [0.1, 0.15) is 33.4 Å². The van der Waals surface area contributed by atoms with Crippen LogP contribution in [0.3, 0.4) is 0 Å². The van der Waals surface area contributed by atoms with E-state index in [0.29, 0.717) is 0 Å². The number of amidine groups is 1. The summed E-state index contributed by atoms with van der Waals surface area (Å²) in [7, 11) is -4.54. The van der Waals surface area contributed by atoms with E-state index in [1.165, 1.54) is 13.0 Å². The average molecular weight is 490 g/mol. The van der Waals surface area contributed by atoms with E-state index in [9.17, 15) is 35.2 Å². The zero-order valence-corrected chi connectivity index (χ0v) is 18.2. The lowest BCUT2D eigenvalue weighted by molar-refractivity contribution is -0.137. The zero-order chi connectivity index (χ0) is 24.8. The third-order valence-corrected chi connectivity index (χ3v) is 8.04. The van der Waals surface area contributed by atoms with Crippen molar-refractivity contribution in [2.75, 3.05) is 11.1 Å². The number of aliphatic imine (C=N–C) groups is 1. The average Bonchev–Trinajstić information content (AvgIpc) is 2.67. The van der Waals surface area contributed by atoms with E-state index in [-0.39, 0.29) is 16.9 Å². The molecule has 1 aliphatic rings. The van der Waals surface area contributed by atoms with E-state index < -0.39 is 61.9 Å². The Morgan fingerprint density at radius 1 is 1.18 bits per heavy atom. The Hall–Kier alpha value is -3.09. The SMILES string of the molecule is CC1(CC(F)(F)F)C(N)=N[C@](C)(c2cc(NC(=O)c3ccc(F)cn3)ccc2F)CS1(=O)=O. The standard InChI is InChI=1S/C20H19F5N4O3S/c1-18(10-33(31,32)19(2,17(26)29-18)9-20(23,24)25)13-7-12(4-5-14(13)22)28-16(30)15-6-3-11(21)8-27-15/h3-8H,9-10H2,1-2H3,(H2,26,29)(H,28,30)/t18-,19?/m0/s1. The second-order valence-corrected chi connectivity index (χ2v) is 10.5. The third kappa shape index (κ3) is 4.82. The second kappa shape index (κ2) is 8.04. The van der Waals surface area contributed by atoms with Crippen LogP contribution >= 0.6 is 0 Å². The molecule has 7 nitrogen and oxygen atoms in total. The molecule has 2 atom stereocenters. The van der Waals surface area contributed by atoms with Crippen LogP contribution in [0.15, 0.2) is 41.5 Å². The quantitative estimate of drug-likeness (QED) is 0.639. The van der Waals surface area contributed by atoms with Crippen molar-refractivity contribution in [2.45, 2.75) is 36.7 Å². The third-order valence-electron chi connectivity index (χ3n) is 5.37. The Balaban J connectivity index is 2.00. The van der Waals surface area contributed by atoms with Gasteiger partial charge in [0.25, 0.3) is 5.91 Å². The van der Waals surface area contributed by atoms with Gasteiger partial charge in [-0.1, -0.05) is 0 Å². The molecule has 0 saturated heterocycles. The largest absolute Gasteiger partial charge is 0.391 e. The molecular formula is C20H19F5N4O3S. The van der Waals surface area contributed by atoms with Gasteiger partial charge in [0.05, 0.1) is 18.4 Å². The van der Waals surface area contributed by atoms with Gasteiger partial charge >= 0.3 is 6.18 Å². The smallest absolute Gasteiger partial charge is 0.386 e. The van der Waals surface area contributed by atoms with Crippen molar-refractivity contribution in [1.29, 1.82) is 0 Å². The number of hydrogen-bond acceptors (Lipinski definition) is 6. The molecule has 2 aromatic rings. The van der Waals surface area contributed by atoms with E-state index in [1.54, 1.807) is 0 Å². The number of amides is 1. The number of hydrogen-bond donors (Lipinski definition) is 2. The Labute approximate surface area is 185 Å². The molecule has 0 fully saturated rings. The van der Waals surface area contributed by atoms with Crippen molar-refractivity contribution in [3.8, 4) is 0 Å². The molecule has 13 heteroatoms. The predicted octanol–water partition coefficient (Wildman–Crippen LogP) is 3.32. The van der Waals surface area contributed by atoms with Crippen molar-refractivity contribution in [3.05, 3.63) is 59.4 Å². The number of benzene rings is 1. The first-order valence-corrected chi connectivity index (χ1v) is 11.1. The van der Waals surface area contributed by atoms with Crippen LogP contribution in [0.4, 0.5) is 27.6 Å². The zero-order valence-electron chi connectivity index (χ0n) is 17.4. The molecule has 1 unspecified atom stereocenters. The van der Waals surface area contributed by atoms with Crippen molar-refractivity contribution in [2.24, 2.45) is 10.7 Å². The number of carbonyl (C=O) groups is 1. The van der Waals surface area contributed by atoms with Crippen LogP contribution in [-0.4, -0.2) is 41.8 Å². The molecule has 1 amide bonds. The number of nitrogens with one attached hydrogen (secondary N) is 1. The molecular weight excluding hydrogens is 471 g/mol. The highest BCUT2D eigenvalue weighted by molar-refractivity contribution is 7.93. The molecule has 0 bridgehead atoms. The highest BCUT2D eigenvalue weighted by Gasteiger charge is 2.56. The molecule has 178 valence electrons. The number of rotatable bonds is 4. The van der Waals surface area contributed by atoms with Gasteiger partial charge in [0.2, 0.25) is 0 Å². The van der Waals surface area contributed by atoms with Crippen LogP contribution in [0.25, 0.3) is 0 Å². The number of nitrogens with zero attached hydrogens (tertiary/aromatic N) is 2. The fraction of sp³-hybridized carbons (Fsp3) is 0.350. The summed E-state index contributed by atoms with van der Waals surface area (Å²) in [6, 6.07) is 5.37. The van der Waals surface area contributed by atoms with E-state index in [0.717, 1.165) is 37.4 Å². The Bertz CT molecular complexity index is 1230. The van der Waals surface area contributed by atoms with Crippen LogP contribution < -0.4 is 11.1 Å². The maximum atomic E-state index is 14.7. The molecule has 1 aliphatic heterocycles. The minimum absolute atomic E-state index is 0.0264. The number of aromatic nitrogens is 1. The minimum atomic E-state index is -4.83. The minimum Gasteiger partial charge on any atom is -0.386 e. The summed E-state index contributed by atoms with van der Waals surface area (Å²) in [6.45, 7) is 2.05. The first-order chi connectivity index (χ1) is 15.1. The Morgan fingerprint density at radius 2 is 1.85 bits per heavy atom. The van der Waals surface area contributed by atoms with Crippen molar-refractivity contribution in [3.63, 3.8) is 0 Å². The fourth-order valence-electron chi connectivity index (χ4n) is 3.55. The van der Waals surface area contributed by atoms with Gasteiger partial charge in [-0.25, -0.2) is 22.2 Å². The summed E-state index contributed by atoms with van der Waals surface area (Å²) in [5.74, 6) is -4.05. The number of pyridine rings is 1. The van der Waals surface area contributed by atoms with Crippen LogP contribution in [0.1, 0.15) is 36.3 Å². The molecule has 1 aromatic heterocycles. The summed E-state index contributed by atoms with van der Waals surface area (Å²) < 4.78 is 90.0.